The molecule has 10 rings (SSSR count). The van der Waals surface area contributed by atoms with Gasteiger partial charge in [-0.25, -0.2) is 9.96 Å². The van der Waals surface area contributed by atoms with Gasteiger partial charge in [0.1, 0.15) is 11.5 Å². The van der Waals surface area contributed by atoms with Crippen molar-refractivity contribution in [2.24, 2.45) is 5.41 Å². The fourth-order valence-corrected chi connectivity index (χ4v) is 8.75. The van der Waals surface area contributed by atoms with Crippen molar-refractivity contribution in [2.75, 3.05) is 9.96 Å². The summed E-state index contributed by atoms with van der Waals surface area (Å²) < 4.78 is 0.873. The largest absolute Gasteiger partial charge is 0.273 e. The smallest absolute Gasteiger partial charge is 0.271 e. The Balaban J connectivity index is 1.43. The number of imide groups is 1. The number of hydroxylamine groups is 1. The first-order chi connectivity index (χ1) is 21.1. The van der Waals surface area contributed by atoms with Crippen molar-refractivity contribution in [3.05, 3.63) is 166 Å². The van der Waals surface area contributed by atoms with E-state index in [9.17, 15) is 0 Å². The van der Waals surface area contributed by atoms with E-state index in [2.05, 4.69) is 52.3 Å². The average Bonchev–Trinajstić information content (AvgIpc) is 3.50. The molecule has 2 heterocycles. The Morgan fingerprint density at radius 3 is 1.65 bits per heavy atom. The molecule has 2 saturated heterocycles. The Bertz CT molecular complexity index is 1900. The second-order valence-electron chi connectivity index (χ2n) is 11.7. The quantitative estimate of drug-likeness (QED) is 0.195. The van der Waals surface area contributed by atoms with Gasteiger partial charge in [-0.05, 0) is 64.2 Å². The summed E-state index contributed by atoms with van der Waals surface area (Å²) in [7, 11) is 0. The lowest BCUT2D eigenvalue weighted by Crippen LogP contribution is -2.63. The van der Waals surface area contributed by atoms with Crippen LogP contribution in [-0.4, -0.2) is 17.4 Å². The van der Waals surface area contributed by atoms with Gasteiger partial charge in [0.05, 0.1) is 17.3 Å². The molecule has 5 aliphatic rings. The van der Waals surface area contributed by atoms with Crippen LogP contribution in [0.2, 0.25) is 0 Å². The summed E-state index contributed by atoms with van der Waals surface area (Å²) in [6.45, 7) is 0. The maximum Gasteiger partial charge on any atom is 0.271 e. The van der Waals surface area contributed by atoms with Gasteiger partial charge >= 0.3 is 0 Å². The molecular weight excluding hydrogens is 600 g/mol. The Labute approximate surface area is 257 Å². The molecule has 0 radical (unpaired) electrons. The number of nitrogens with zero attached hydrogens (tertiary/aromatic N) is 2. The number of anilines is 2. The Hall–Kier alpha value is -4.52. The summed E-state index contributed by atoms with van der Waals surface area (Å²) in [6.07, 6.45) is 0. The first kappa shape index (κ1) is 25.0. The van der Waals surface area contributed by atoms with Crippen LogP contribution in [0.1, 0.15) is 45.7 Å². The van der Waals surface area contributed by atoms with Gasteiger partial charge in [0.15, 0.2) is 0 Å². The summed E-state index contributed by atoms with van der Waals surface area (Å²) in [5.41, 5.74) is 3.72. The minimum atomic E-state index is -1.51. The van der Waals surface area contributed by atoms with Crippen molar-refractivity contribution in [3.63, 3.8) is 0 Å². The summed E-state index contributed by atoms with van der Waals surface area (Å²) in [6, 6.07) is 43.3. The lowest BCUT2D eigenvalue weighted by molar-refractivity contribution is -0.153. The molecule has 0 spiro atoms. The molecule has 0 N–H and O–H groups in total. The highest BCUT2D eigenvalue weighted by molar-refractivity contribution is 9.10. The predicted octanol–water partition coefficient (Wildman–Crippen LogP) is 7.53. The Morgan fingerprint density at radius 2 is 1.07 bits per heavy atom. The van der Waals surface area contributed by atoms with Crippen LogP contribution in [0.4, 0.5) is 11.4 Å². The molecule has 2 aliphatic heterocycles. The molecule has 2 fully saturated rings. The number of carbonyl (C=O) groups is 2. The summed E-state index contributed by atoms with van der Waals surface area (Å²) in [5, 5.41) is 1.86. The van der Waals surface area contributed by atoms with Crippen LogP contribution in [0.25, 0.3) is 0 Å². The lowest BCUT2D eigenvalue weighted by Gasteiger charge is -2.55. The first-order valence-corrected chi connectivity index (χ1v) is 15.3. The van der Waals surface area contributed by atoms with Gasteiger partial charge in [-0.3, -0.25) is 14.4 Å². The van der Waals surface area contributed by atoms with E-state index in [4.69, 9.17) is 4.84 Å². The highest BCUT2D eigenvalue weighted by Crippen LogP contribution is 2.77. The van der Waals surface area contributed by atoms with Gasteiger partial charge in [0, 0.05) is 10.4 Å². The van der Waals surface area contributed by atoms with Crippen molar-refractivity contribution in [2.45, 2.75) is 23.5 Å². The zero-order valence-corrected chi connectivity index (χ0v) is 24.5. The van der Waals surface area contributed by atoms with Crippen molar-refractivity contribution < 1.29 is 14.4 Å². The zero-order chi connectivity index (χ0) is 28.9. The van der Waals surface area contributed by atoms with E-state index in [1.807, 2.05) is 102 Å². The summed E-state index contributed by atoms with van der Waals surface area (Å²) in [4.78, 5) is 39.6. The van der Waals surface area contributed by atoms with Crippen LogP contribution >= 0.6 is 15.9 Å². The number of amides is 2. The monoisotopic (exact) mass is 624 g/mol. The van der Waals surface area contributed by atoms with E-state index < -0.39 is 28.9 Å². The molecular formula is C37H25BrN2O3. The van der Waals surface area contributed by atoms with Crippen LogP contribution in [0, 0.1) is 5.41 Å². The predicted molar refractivity (Wildman–Crippen MR) is 168 cm³/mol. The third kappa shape index (κ3) is 2.90. The first-order valence-electron chi connectivity index (χ1n) is 14.5. The van der Waals surface area contributed by atoms with Gasteiger partial charge in [-0.2, -0.15) is 0 Å². The molecule has 0 aromatic heterocycles. The fraction of sp³-hybridized carbons (Fsp3) is 0.135. The fourth-order valence-electron chi connectivity index (χ4n) is 8.49. The van der Waals surface area contributed by atoms with Gasteiger partial charge in [0.25, 0.3) is 5.91 Å². The van der Waals surface area contributed by atoms with Gasteiger partial charge in [-0.15, -0.1) is 0 Å². The van der Waals surface area contributed by atoms with Crippen molar-refractivity contribution in [1.29, 1.82) is 0 Å². The molecule has 43 heavy (non-hydrogen) atoms. The molecule has 0 saturated carbocycles. The van der Waals surface area contributed by atoms with E-state index in [-0.39, 0.29) is 11.8 Å². The van der Waals surface area contributed by atoms with Gasteiger partial charge in [-0.1, -0.05) is 113 Å². The third-order valence-electron chi connectivity index (χ3n) is 9.91. The number of hydrogen-bond donors (Lipinski definition) is 0. The van der Waals surface area contributed by atoms with Crippen LogP contribution in [-0.2, 0) is 14.4 Å². The summed E-state index contributed by atoms with van der Waals surface area (Å²) in [5.74, 6) is -1.45. The molecule has 5 nitrogen and oxygen atoms in total. The molecule has 6 heteroatoms. The highest BCUT2D eigenvalue weighted by Gasteiger charge is 2.87. The highest BCUT2D eigenvalue weighted by atomic mass is 79.9. The molecule has 3 aliphatic carbocycles. The molecule has 5 aromatic carbocycles. The topological polar surface area (TPSA) is 49.9 Å². The second kappa shape index (κ2) is 8.75. The van der Waals surface area contributed by atoms with Crippen molar-refractivity contribution in [3.8, 4) is 0 Å². The number of hydrogen-bond acceptors (Lipinski definition) is 4. The molecule has 3 atom stereocenters. The van der Waals surface area contributed by atoms with E-state index in [1.54, 1.807) is 0 Å². The SMILES string of the molecule is O=C1N(c2ccc(Br)cc2)C(=O)C23C4c5ccccc5C(c5ccccc54)C12ON(c1ccccc1)C3c1ccccc1. The minimum Gasteiger partial charge on any atom is -0.273 e. The lowest BCUT2D eigenvalue weighted by atomic mass is 9.43. The number of carbonyl (C=O) groups excluding carboxylic acids is 2. The molecule has 3 unspecified atom stereocenters. The van der Waals surface area contributed by atoms with Crippen molar-refractivity contribution in [1.82, 2.24) is 0 Å². The molecule has 2 amide bonds. The van der Waals surface area contributed by atoms with Crippen molar-refractivity contribution >= 4 is 39.1 Å². The maximum absolute atomic E-state index is 15.6. The Kier molecular flexibility index (Phi) is 5.09. The number of para-hydroxylation sites is 1. The number of benzene rings is 5. The minimum absolute atomic E-state index is 0.230. The van der Waals surface area contributed by atoms with Crippen LogP contribution in [0.3, 0.4) is 0 Å². The average molecular weight is 626 g/mol. The zero-order valence-electron chi connectivity index (χ0n) is 22.9. The Morgan fingerprint density at radius 1 is 0.558 bits per heavy atom. The van der Waals surface area contributed by atoms with Crippen LogP contribution in [0.15, 0.2) is 138 Å². The number of rotatable bonds is 3. The second-order valence-corrected chi connectivity index (χ2v) is 12.6. The van der Waals surface area contributed by atoms with E-state index in [0.717, 1.165) is 38.0 Å². The van der Waals surface area contributed by atoms with Crippen LogP contribution in [0.5, 0.6) is 0 Å². The third-order valence-corrected chi connectivity index (χ3v) is 10.4. The van der Waals surface area contributed by atoms with Gasteiger partial charge < -0.3 is 0 Å². The standard InChI is InChI=1S/C37H25BrN2O3/c38-24-19-21-25(22-20-24)39-34(41)36-31-27-15-7-9-17-29(27)32(30-18-10-8-16-28(30)31)37(36,35(39)42)43-40(26-13-5-2-6-14-26)33(36)23-11-3-1-4-12-23/h1-22,31-33H. The molecule has 2 bridgehead atoms. The van der Waals surface area contributed by atoms with Gasteiger partial charge in [0.2, 0.25) is 11.5 Å². The maximum atomic E-state index is 15.6. The molecule has 208 valence electrons. The van der Waals surface area contributed by atoms with E-state index in [0.29, 0.717) is 5.69 Å². The van der Waals surface area contributed by atoms with Crippen LogP contribution < -0.4 is 9.96 Å². The normalized spacial score (nSPS) is 28.0. The summed E-state index contributed by atoms with van der Waals surface area (Å²) >= 11 is 3.51. The number of halogens is 1. The van der Waals surface area contributed by atoms with E-state index in [1.165, 1.54) is 4.90 Å². The molecule has 5 aromatic rings. The van der Waals surface area contributed by atoms with E-state index >= 15 is 9.59 Å².